The molecule has 1 N–H and O–H groups in total. The van der Waals surface area contributed by atoms with Gasteiger partial charge in [-0.05, 0) is 69.6 Å². The lowest BCUT2D eigenvalue weighted by Gasteiger charge is -2.54. The van der Waals surface area contributed by atoms with E-state index < -0.39 is 0 Å². The lowest BCUT2D eigenvalue weighted by atomic mass is 9.72. The molecule has 0 radical (unpaired) electrons. The Morgan fingerprint density at radius 2 is 1.76 bits per heavy atom. The predicted octanol–water partition coefficient (Wildman–Crippen LogP) is 6.06. The van der Waals surface area contributed by atoms with Crippen LogP contribution in [0.4, 0.5) is 17.3 Å². The molecule has 4 aliphatic rings. The normalized spacial score (nSPS) is 20.6. The Morgan fingerprint density at radius 3 is 2.50 bits per heavy atom. The minimum atomic E-state index is -0.250. The molecule has 10 heteroatoms. The standard InChI is InChI=1S/C32H37ClN6O3/c1-37-15-13-31(14-16-37)19-39(20-31)21-9-10-24(26(17-21)41-3)35-30-34-18-23(33)28(36-30)42-25-8-6-7-22-27(25)29(40)38(2)32(22)11-4-5-12-32/h6-10,17-18H,4-5,11-16,19-20H2,1-3H3,(H,34,35,36). The fraction of sp³-hybridized carbons (Fsp3) is 0.469. The van der Waals surface area contributed by atoms with E-state index in [1.165, 1.54) is 32.1 Å². The number of hydrogen-bond acceptors (Lipinski definition) is 8. The van der Waals surface area contributed by atoms with Crippen LogP contribution in [0.5, 0.6) is 17.4 Å². The highest BCUT2D eigenvalue weighted by atomic mass is 35.5. The number of fused-ring (bicyclic) bond motifs is 2. The van der Waals surface area contributed by atoms with Gasteiger partial charge in [0.15, 0.2) is 0 Å². The van der Waals surface area contributed by atoms with Crippen molar-refractivity contribution >= 4 is 34.8 Å². The summed E-state index contributed by atoms with van der Waals surface area (Å²) in [5.74, 6) is 1.63. The lowest BCUT2D eigenvalue weighted by Crippen LogP contribution is -2.60. The zero-order chi connectivity index (χ0) is 29.1. The van der Waals surface area contributed by atoms with Crippen LogP contribution in [0.25, 0.3) is 0 Å². The molecule has 2 saturated heterocycles. The van der Waals surface area contributed by atoms with Crippen molar-refractivity contribution < 1.29 is 14.3 Å². The van der Waals surface area contributed by atoms with Gasteiger partial charge in [0.05, 0.1) is 30.1 Å². The molecule has 0 bridgehead atoms. The number of benzene rings is 2. The van der Waals surface area contributed by atoms with E-state index in [0.717, 1.165) is 55.7 Å². The fourth-order valence-corrected chi connectivity index (χ4v) is 7.50. The second kappa shape index (κ2) is 10.3. The minimum absolute atomic E-state index is 0.0280. The minimum Gasteiger partial charge on any atom is -0.494 e. The van der Waals surface area contributed by atoms with E-state index in [2.05, 4.69) is 44.3 Å². The number of likely N-dealkylation sites (tertiary alicyclic amines) is 1. The number of piperidine rings is 1. The zero-order valence-corrected chi connectivity index (χ0v) is 25.2. The molecule has 4 heterocycles. The number of ether oxygens (including phenoxy) is 2. The molecule has 1 aliphatic carbocycles. The van der Waals surface area contributed by atoms with Crippen LogP contribution in [0.3, 0.4) is 0 Å². The molecular weight excluding hydrogens is 552 g/mol. The summed E-state index contributed by atoms with van der Waals surface area (Å²) in [7, 11) is 5.76. The van der Waals surface area contributed by atoms with E-state index in [1.54, 1.807) is 13.2 Å². The van der Waals surface area contributed by atoms with Gasteiger partial charge in [0.1, 0.15) is 16.5 Å². The highest BCUT2D eigenvalue weighted by Crippen LogP contribution is 2.52. The molecule has 1 saturated carbocycles. The summed E-state index contributed by atoms with van der Waals surface area (Å²) < 4.78 is 12.0. The third kappa shape index (κ3) is 4.45. The van der Waals surface area contributed by atoms with Crippen molar-refractivity contribution in [1.29, 1.82) is 0 Å². The number of nitrogens with one attached hydrogen (secondary N) is 1. The van der Waals surface area contributed by atoms with E-state index in [4.69, 9.17) is 21.1 Å². The van der Waals surface area contributed by atoms with Crippen molar-refractivity contribution in [3.63, 3.8) is 0 Å². The Labute approximate surface area is 251 Å². The Balaban J connectivity index is 1.10. The summed E-state index contributed by atoms with van der Waals surface area (Å²) in [6.07, 6.45) is 8.16. The maximum absolute atomic E-state index is 13.4. The Morgan fingerprint density at radius 1 is 1.00 bits per heavy atom. The first kappa shape index (κ1) is 27.3. The van der Waals surface area contributed by atoms with E-state index in [1.807, 2.05) is 30.1 Å². The number of carbonyl (C=O) groups excluding carboxylic acids is 1. The second-order valence-corrected chi connectivity index (χ2v) is 12.8. The number of hydrogen-bond donors (Lipinski definition) is 1. The van der Waals surface area contributed by atoms with Gasteiger partial charge in [-0.2, -0.15) is 4.98 Å². The predicted molar refractivity (Wildman–Crippen MR) is 163 cm³/mol. The highest BCUT2D eigenvalue weighted by molar-refractivity contribution is 6.31. The monoisotopic (exact) mass is 588 g/mol. The molecule has 220 valence electrons. The van der Waals surface area contributed by atoms with Gasteiger partial charge in [-0.25, -0.2) is 4.98 Å². The van der Waals surface area contributed by atoms with E-state index in [9.17, 15) is 4.79 Å². The molecule has 1 aromatic heterocycles. The lowest BCUT2D eigenvalue weighted by molar-refractivity contribution is 0.0640. The van der Waals surface area contributed by atoms with Crippen molar-refractivity contribution in [2.45, 2.75) is 44.1 Å². The third-order valence-corrected chi connectivity index (χ3v) is 10.2. The second-order valence-electron chi connectivity index (χ2n) is 12.4. The van der Waals surface area contributed by atoms with Crippen molar-refractivity contribution in [2.75, 3.05) is 57.6 Å². The quantitative estimate of drug-likeness (QED) is 0.372. The average molecular weight is 589 g/mol. The Hall–Kier alpha value is -3.56. The first-order chi connectivity index (χ1) is 20.3. The summed E-state index contributed by atoms with van der Waals surface area (Å²) in [4.78, 5) is 29.1. The number of methoxy groups -OCH3 is 1. The molecule has 7 rings (SSSR count). The third-order valence-electron chi connectivity index (χ3n) is 9.93. The van der Waals surface area contributed by atoms with E-state index >= 15 is 0 Å². The Bertz CT molecular complexity index is 1520. The molecule has 1 amide bonds. The zero-order valence-electron chi connectivity index (χ0n) is 24.5. The number of aromatic nitrogens is 2. The van der Waals surface area contributed by atoms with Gasteiger partial charge >= 0.3 is 0 Å². The van der Waals surface area contributed by atoms with E-state index in [0.29, 0.717) is 28.4 Å². The summed E-state index contributed by atoms with van der Waals surface area (Å²) in [6, 6.07) is 11.9. The maximum Gasteiger partial charge on any atom is 0.258 e. The molecule has 0 unspecified atom stereocenters. The first-order valence-electron chi connectivity index (χ1n) is 14.8. The van der Waals surface area contributed by atoms with Gasteiger partial charge in [-0.3, -0.25) is 4.79 Å². The number of amides is 1. The number of carbonyl (C=O) groups is 1. The van der Waals surface area contributed by atoms with Crippen LogP contribution >= 0.6 is 11.6 Å². The van der Waals surface area contributed by atoms with Crippen LogP contribution in [-0.2, 0) is 5.54 Å². The number of nitrogens with zero attached hydrogens (tertiary/aromatic N) is 5. The van der Waals surface area contributed by atoms with Gasteiger partial charge in [-0.15, -0.1) is 0 Å². The van der Waals surface area contributed by atoms with Crippen LogP contribution in [0.2, 0.25) is 5.02 Å². The molecule has 9 nitrogen and oxygen atoms in total. The molecule has 2 aromatic carbocycles. The molecule has 42 heavy (non-hydrogen) atoms. The summed E-state index contributed by atoms with van der Waals surface area (Å²) >= 11 is 6.49. The van der Waals surface area contributed by atoms with Gasteiger partial charge in [0.2, 0.25) is 11.8 Å². The van der Waals surface area contributed by atoms with Gasteiger partial charge < -0.3 is 29.5 Å². The summed E-state index contributed by atoms with van der Waals surface area (Å²) in [5, 5.41) is 3.52. The number of halogens is 1. The number of anilines is 3. The summed E-state index contributed by atoms with van der Waals surface area (Å²) in [5.41, 5.74) is 3.71. The smallest absolute Gasteiger partial charge is 0.258 e. The maximum atomic E-state index is 13.4. The van der Waals surface area contributed by atoms with Crippen molar-refractivity contribution in [3.8, 4) is 17.4 Å². The van der Waals surface area contributed by atoms with Crippen molar-refractivity contribution in [3.05, 3.63) is 58.7 Å². The van der Waals surface area contributed by atoms with Crippen molar-refractivity contribution in [2.24, 2.45) is 5.41 Å². The highest BCUT2D eigenvalue weighted by Gasteiger charge is 2.50. The molecule has 0 atom stereocenters. The molecule has 3 aromatic rings. The topological polar surface area (TPSA) is 83.1 Å². The number of rotatable bonds is 6. The van der Waals surface area contributed by atoms with Crippen molar-refractivity contribution in [1.82, 2.24) is 19.8 Å². The molecule has 2 spiro atoms. The Kier molecular flexibility index (Phi) is 6.70. The van der Waals surface area contributed by atoms with Gasteiger partial charge in [0.25, 0.3) is 5.91 Å². The van der Waals surface area contributed by atoms with Crippen LogP contribution in [0, 0.1) is 5.41 Å². The van der Waals surface area contributed by atoms with Crippen LogP contribution in [-0.4, -0.2) is 73.1 Å². The molecular formula is C32H37ClN6O3. The SMILES string of the molecule is COc1cc(N2CC3(CCN(C)CC3)C2)ccc1Nc1ncc(Cl)c(Oc2cccc3c2C(=O)N(C)C32CCCC2)n1. The first-order valence-corrected chi connectivity index (χ1v) is 15.2. The van der Waals surface area contributed by atoms with Gasteiger partial charge in [0, 0.05) is 37.3 Å². The fourth-order valence-electron chi connectivity index (χ4n) is 7.37. The molecule has 3 aliphatic heterocycles. The largest absolute Gasteiger partial charge is 0.494 e. The average Bonchev–Trinajstić information content (AvgIpc) is 3.56. The van der Waals surface area contributed by atoms with Crippen LogP contribution in [0.15, 0.2) is 42.6 Å². The van der Waals surface area contributed by atoms with Crippen LogP contribution < -0.4 is 19.7 Å². The summed E-state index contributed by atoms with van der Waals surface area (Å²) in [6.45, 7) is 4.52. The van der Waals surface area contributed by atoms with Gasteiger partial charge in [-0.1, -0.05) is 36.6 Å². The molecule has 3 fully saturated rings. The van der Waals surface area contributed by atoms with E-state index in [-0.39, 0.29) is 22.3 Å². The van der Waals surface area contributed by atoms with Crippen LogP contribution in [0.1, 0.15) is 54.4 Å².